The third-order valence-corrected chi connectivity index (χ3v) is 4.28. The molecule has 1 heterocycles. The molecule has 0 aliphatic rings. The van der Waals surface area contributed by atoms with Crippen molar-refractivity contribution in [2.24, 2.45) is 0 Å². The average Bonchev–Trinajstić information content (AvgIpc) is 3.26. The number of nitrogens with zero attached hydrogens (tertiary/aromatic N) is 1. The summed E-state index contributed by atoms with van der Waals surface area (Å²) in [4.78, 5) is 26.5. The van der Waals surface area contributed by atoms with E-state index in [1.807, 2.05) is 30.3 Å². The molecule has 0 fully saturated rings. The predicted molar refractivity (Wildman–Crippen MR) is 103 cm³/mol. The molecule has 0 saturated heterocycles. The summed E-state index contributed by atoms with van der Waals surface area (Å²) >= 11 is 0. The van der Waals surface area contributed by atoms with Crippen molar-refractivity contribution in [2.45, 2.75) is 19.5 Å². The predicted octanol–water partition coefficient (Wildman–Crippen LogP) is 3.77. The maximum atomic E-state index is 13.1. The van der Waals surface area contributed by atoms with E-state index >= 15 is 0 Å². The fraction of sp³-hybridized carbons (Fsp3) is 0.182. The molecule has 3 aromatic rings. The molecule has 0 aliphatic heterocycles. The maximum Gasteiger partial charge on any atom is 0.257 e. The van der Waals surface area contributed by atoms with Gasteiger partial charge in [0.15, 0.2) is 0 Å². The van der Waals surface area contributed by atoms with Crippen LogP contribution in [0.2, 0.25) is 0 Å². The summed E-state index contributed by atoms with van der Waals surface area (Å²) in [5.41, 5.74) is 2.20. The number of carbonyl (C=O) groups is 2. The zero-order chi connectivity index (χ0) is 19.8. The molecule has 2 amide bonds. The fourth-order valence-corrected chi connectivity index (χ4v) is 2.75. The molecule has 0 atom stereocenters. The van der Waals surface area contributed by atoms with Crippen molar-refractivity contribution in [1.29, 1.82) is 0 Å². The van der Waals surface area contributed by atoms with Crippen LogP contribution in [0.4, 0.5) is 4.39 Å². The lowest BCUT2D eigenvalue weighted by Crippen LogP contribution is -2.34. The number of benzene rings is 2. The Labute approximate surface area is 162 Å². The molecule has 0 saturated carbocycles. The Morgan fingerprint density at radius 2 is 1.71 bits per heavy atom. The molecule has 0 unspecified atom stereocenters. The molecular formula is C22H21FN2O3. The summed E-state index contributed by atoms with van der Waals surface area (Å²) in [5, 5.41) is 2.85. The van der Waals surface area contributed by atoms with Gasteiger partial charge in [0.1, 0.15) is 12.1 Å². The number of amides is 2. The van der Waals surface area contributed by atoms with Crippen LogP contribution in [0, 0.1) is 5.82 Å². The molecule has 144 valence electrons. The summed E-state index contributed by atoms with van der Waals surface area (Å²) in [6.45, 7) is 0.950. The zero-order valence-electron chi connectivity index (χ0n) is 15.3. The van der Waals surface area contributed by atoms with Gasteiger partial charge < -0.3 is 14.6 Å². The van der Waals surface area contributed by atoms with Gasteiger partial charge in [-0.15, -0.1) is 0 Å². The van der Waals surface area contributed by atoms with Crippen LogP contribution in [-0.2, 0) is 17.9 Å². The van der Waals surface area contributed by atoms with Gasteiger partial charge in [-0.3, -0.25) is 9.59 Å². The molecule has 1 aromatic heterocycles. The quantitative estimate of drug-likeness (QED) is 0.647. The van der Waals surface area contributed by atoms with Crippen molar-refractivity contribution < 1.29 is 18.4 Å². The molecule has 0 bridgehead atoms. The largest absolute Gasteiger partial charge is 0.472 e. The Balaban J connectivity index is 1.60. The van der Waals surface area contributed by atoms with Crippen molar-refractivity contribution in [2.75, 3.05) is 6.54 Å². The van der Waals surface area contributed by atoms with Crippen LogP contribution in [0.15, 0.2) is 77.6 Å². The Morgan fingerprint density at radius 1 is 0.964 bits per heavy atom. The molecule has 2 aromatic carbocycles. The lowest BCUT2D eigenvalue weighted by atomic mass is 10.1. The molecule has 0 spiro atoms. The number of furan rings is 1. The van der Waals surface area contributed by atoms with Gasteiger partial charge in [-0.1, -0.05) is 42.5 Å². The first-order chi connectivity index (χ1) is 13.6. The summed E-state index contributed by atoms with van der Waals surface area (Å²) in [6.07, 6.45) is 2.96. The molecule has 0 radical (unpaired) electrons. The molecule has 28 heavy (non-hydrogen) atoms. The lowest BCUT2D eigenvalue weighted by Gasteiger charge is -2.22. The summed E-state index contributed by atoms with van der Waals surface area (Å²) in [6, 6.07) is 17.1. The number of hydrogen-bond acceptors (Lipinski definition) is 3. The van der Waals surface area contributed by atoms with E-state index in [0.29, 0.717) is 12.1 Å². The summed E-state index contributed by atoms with van der Waals surface area (Å²) in [7, 11) is 0. The maximum absolute atomic E-state index is 13.1. The third kappa shape index (κ3) is 5.54. The average molecular weight is 380 g/mol. The van der Waals surface area contributed by atoms with Gasteiger partial charge in [-0.2, -0.15) is 0 Å². The number of hydrogen-bond donors (Lipinski definition) is 1. The van der Waals surface area contributed by atoms with E-state index in [1.54, 1.807) is 23.1 Å². The van der Waals surface area contributed by atoms with Crippen LogP contribution in [-0.4, -0.2) is 23.3 Å². The van der Waals surface area contributed by atoms with Gasteiger partial charge in [-0.05, 0) is 29.3 Å². The van der Waals surface area contributed by atoms with Gasteiger partial charge in [0.05, 0.1) is 11.8 Å². The number of carbonyl (C=O) groups excluding carboxylic acids is 2. The Bertz CT molecular complexity index is 893. The second kappa shape index (κ2) is 9.50. The van der Waals surface area contributed by atoms with Crippen LogP contribution < -0.4 is 5.32 Å². The van der Waals surface area contributed by atoms with E-state index < -0.39 is 0 Å². The lowest BCUT2D eigenvalue weighted by molar-refractivity contribution is -0.121. The van der Waals surface area contributed by atoms with Gasteiger partial charge in [0, 0.05) is 26.1 Å². The molecule has 6 heteroatoms. The summed E-state index contributed by atoms with van der Waals surface area (Å²) in [5.74, 6) is -0.723. The second-order valence-electron chi connectivity index (χ2n) is 6.38. The van der Waals surface area contributed by atoms with Gasteiger partial charge in [0.2, 0.25) is 5.91 Å². The molecule has 5 nitrogen and oxygen atoms in total. The Morgan fingerprint density at radius 3 is 2.39 bits per heavy atom. The van der Waals surface area contributed by atoms with E-state index in [0.717, 1.165) is 11.1 Å². The van der Waals surface area contributed by atoms with Gasteiger partial charge in [-0.25, -0.2) is 4.39 Å². The normalized spacial score (nSPS) is 10.5. The van der Waals surface area contributed by atoms with Crippen molar-refractivity contribution >= 4 is 11.8 Å². The van der Waals surface area contributed by atoms with Crippen molar-refractivity contribution in [3.8, 4) is 0 Å². The second-order valence-corrected chi connectivity index (χ2v) is 6.38. The van der Waals surface area contributed by atoms with E-state index in [4.69, 9.17) is 4.42 Å². The van der Waals surface area contributed by atoms with E-state index in [2.05, 4.69) is 5.32 Å². The minimum Gasteiger partial charge on any atom is -0.472 e. The van der Waals surface area contributed by atoms with E-state index in [1.165, 1.54) is 24.7 Å². The van der Waals surface area contributed by atoms with E-state index in [-0.39, 0.29) is 37.1 Å². The van der Waals surface area contributed by atoms with Gasteiger partial charge in [0.25, 0.3) is 5.91 Å². The minimum absolute atomic E-state index is 0.145. The van der Waals surface area contributed by atoms with Crippen molar-refractivity contribution in [3.63, 3.8) is 0 Å². The van der Waals surface area contributed by atoms with Crippen molar-refractivity contribution in [3.05, 3.63) is 95.7 Å². The highest BCUT2D eigenvalue weighted by molar-refractivity contribution is 5.94. The summed E-state index contributed by atoms with van der Waals surface area (Å²) < 4.78 is 18.1. The standard InChI is InChI=1S/C22H21FN2O3/c23-20-8-6-18(7-9-20)15-25(22(27)19-11-13-28-16-19)12-10-21(26)24-14-17-4-2-1-3-5-17/h1-9,11,13,16H,10,12,14-15H2,(H,24,26). The Kier molecular flexibility index (Phi) is 6.57. The fourth-order valence-electron chi connectivity index (χ4n) is 2.75. The Hall–Kier alpha value is -3.41. The third-order valence-electron chi connectivity index (χ3n) is 4.28. The topological polar surface area (TPSA) is 62.6 Å². The van der Waals surface area contributed by atoms with Crippen LogP contribution in [0.25, 0.3) is 0 Å². The van der Waals surface area contributed by atoms with Crippen molar-refractivity contribution in [1.82, 2.24) is 10.2 Å². The molecule has 0 aliphatic carbocycles. The number of halogens is 1. The number of nitrogens with one attached hydrogen (secondary N) is 1. The SMILES string of the molecule is O=C(CCN(Cc1ccc(F)cc1)C(=O)c1ccoc1)NCc1ccccc1. The van der Waals surface area contributed by atoms with E-state index in [9.17, 15) is 14.0 Å². The highest BCUT2D eigenvalue weighted by Gasteiger charge is 2.18. The highest BCUT2D eigenvalue weighted by atomic mass is 19.1. The number of rotatable bonds is 8. The van der Waals surface area contributed by atoms with Gasteiger partial charge >= 0.3 is 0 Å². The first-order valence-electron chi connectivity index (χ1n) is 8.98. The van der Waals surface area contributed by atoms with Crippen LogP contribution in [0.3, 0.4) is 0 Å². The first-order valence-corrected chi connectivity index (χ1v) is 8.98. The monoisotopic (exact) mass is 380 g/mol. The first kappa shape index (κ1) is 19.4. The zero-order valence-corrected chi connectivity index (χ0v) is 15.3. The molecular weight excluding hydrogens is 359 g/mol. The highest BCUT2D eigenvalue weighted by Crippen LogP contribution is 2.12. The van der Waals surface area contributed by atoms with Crippen LogP contribution >= 0.6 is 0 Å². The van der Waals surface area contributed by atoms with Crippen LogP contribution in [0.1, 0.15) is 27.9 Å². The van der Waals surface area contributed by atoms with Crippen LogP contribution in [0.5, 0.6) is 0 Å². The smallest absolute Gasteiger partial charge is 0.257 e. The molecule has 1 N–H and O–H groups in total. The molecule has 3 rings (SSSR count). The minimum atomic E-state index is -0.336.